The van der Waals surface area contributed by atoms with Crippen molar-refractivity contribution in [2.45, 2.75) is 39.2 Å². The van der Waals surface area contributed by atoms with Gasteiger partial charge in [-0.1, -0.05) is 24.3 Å². The van der Waals surface area contributed by atoms with Crippen molar-refractivity contribution in [1.29, 1.82) is 0 Å². The lowest BCUT2D eigenvalue weighted by Gasteiger charge is -2.29. The second-order valence-corrected chi connectivity index (χ2v) is 7.47. The van der Waals surface area contributed by atoms with Gasteiger partial charge >= 0.3 is 0 Å². The lowest BCUT2D eigenvalue weighted by molar-refractivity contribution is 0.0919. The molecule has 2 aromatic rings. The molecule has 0 aromatic heterocycles. The Morgan fingerprint density at radius 1 is 1.00 bits per heavy atom. The zero-order chi connectivity index (χ0) is 18.0. The van der Waals surface area contributed by atoms with Gasteiger partial charge in [-0.3, -0.25) is 9.59 Å². The summed E-state index contributed by atoms with van der Waals surface area (Å²) in [5.41, 5.74) is 2.90. The monoisotopic (exact) mass is 336 g/mol. The topological polar surface area (TPSA) is 49.4 Å². The van der Waals surface area contributed by atoms with Crippen LogP contribution in [0.3, 0.4) is 0 Å². The van der Waals surface area contributed by atoms with Crippen LogP contribution in [0.2, 0.25) is 0 Å². The van der Waals surface area contributed by atoms with Gasteiger partial charge in [-0.25, -0.2) is 0 Å². The molecule has 0 fully saturated rings. The summed E-state index contributed by atoms with van der Waals surface area (Å²) in [7, 11) is 0. The van der Waals surface area contributed by atoms with Gasteiger partial charge in [0.2, 0.25) is 0 Å². The fourth-order valence-corrected chi connectivity index (χ4v) is 3.11. The quantitative estimate of drug-likeness (QED) is 0.906. The lowest BCUT2D eigenvalue weighted by atomic mass is 10.00. The predicted molar refractivity (Wildman–Crippen MR) is 100 cm³/mol. The summed E-state index contributed by atoms with van der Waals surface area (Å²) in [5.74, 6) is -0.223. The van der Waals surface area contributed by atoms with Gasteiger partial charge in [0.15, 0.2) is 0 Å². The third-order valence-corrected chi connectivity index (χ3v) is 4.22. The first-order chi connectivity index (χ1) is 11.8. The molecule has 130 valence electrons. The number of fused-ring (bicyclic) bond motifs is 1. The van der Waals surface area contributed by atoms with Crippen LogP contribution in [0, 0.1) is 0 Å². The molecule has 1 N–H and O–H groups in total. The maximum absolute atomic E-state index is 13.0. The summed E-state index contributed by atoms with van der Waals surface area (Å²) in [6, 6.07) is 15.0. The maximum Gasteiger partial charge on any atom is 0.258 e. The Bertz CT molecular complexity index is 806. The van der Waals surface area contributed by atoms with Crippen LogP contribution < -0.4 is 10.2 Å². The van der Waals surface area contributed by atoms with Crippen molar-refractivity contribution in [3.05, 3.63) is 65.2 Å². The Morgan fingerprint density at radius 3 is 2.48 bits per heavy atom. The number of rotatable bonds is 2. The summed E-state index contributed by atoms with van der Waals surface area (Å²) in [4.78, 5) is 27.2. The smallest absolute Gasteiger partial charge is 0.258 e. The third kappa shape index (κ3) is 3.90. The van der Waals surface area contributed by atoms with Crippen LogP contribution in [0.4, 0.5) is 5.69 Å². The van der Waals surface area contributed by atoms with Crippen LogP contribution >= 0.6 is 0 Å². The minimum atomic E-state index is -0.317. The maximum atomic E-state index is 13.0. The summed E-state index contributed by atoms with van der Waals surface area (Å²) >= 11 is 0. The van der Waals surface area contributed by atoms with Crippen LogP contribution in [-0.2, 0) is 6.42 Å². The van der Waals surface area contributed by atoms with Crippen molar-refractivity contribution >= 4 is 17.5 Å². The summed E-state index contributed by atoms with van der Waals surface area (Å²) in [5, 5.41) is 2.93. The number of para-hydroxylation sites is 1. The molecule has 0 atom stereocenters. The molecule has 2 aromatic carbocycles. The summed E-state index contributed by atoms with van der Waals surface area (Å²) in [6.45, 7) is 6.51. The second kappa shape index (κ2) is 6.71. The molecule has 0 bridgehead atoms. The number of anilines is 1. The third-order valence-electron chi connectivity index (χ3n) is 4.22. The minimum Gasteiger partial charge on any atom is -0.347 e. The van der Waals surface area contributed by atoms with E-state index in [0.717, 1.165) is 18.5 Å². The molecule has 0 saturated carbocycles. The van der Waals surface area contributed by atoms with E-state index < -0.39 is 0 Å². The molecular weight excluding hydrogens is 312 g/mol. The van der Waals surface area contributed by atoms with E-state index in [9.17, 15) is 9.59 Å². The second-order valence-electron chi connectivity index (χ2n) is 7.47. The average molecular weight is 336 g/mol. The van der Waals surface area contributed by atoms with E-state index in [2.05, 4.69) is 11.4 Å². The molecule has 0 radical (unpaired) electrons. The van der Waals surface area contributed by atoms with E-state index in [1.54, 1.807) is 24.3 Å². The van der Waals surface area contributed by atoms with Gasteiger partial charge in [0.1, 0.15) is 0 Å². The van der Waals surface area contributed by atoms with Gasteiger partial charge in [0.25, 0.3) is 11.8 Å². The summed E-state index contributed by atoms with van der Waals surface area (Å²) < 4.78 is 0. The molecule has 0 unspecified atom stereocenters. The fourth-order valence-electron chi connectivity index (χ4n) is 3.11. The highest BCUT2D eigenvalue weighted by Crippen LogP contribution is 2.28. The van der Waals surface area contributed by atoms with E-state index in [1.165, 1.54) is 5.56 Å². The first kappa shape index (κ1) is 17.2. The van der Waals surface area contributed by atoms with Gasteiger partial charge in [-0.05, 0) is 63.4 Å². The van der Waals surface area contributed by atoms with Crippen LogP contribution in [0.15, 0.2) is 48.5 Å². The number of hydrogen-bond acceptors (Lipinski definition) is 2. The Balaban J connectivity index is 1.87. The average Bonchev–Trinajstić information content (AvgIpc) is 2.59. The van der Waals surface area contributed by atoms with Gasteiger partial charge in [0.05, 0.1) is 0 Å². The standard InChI is InChI=1S/C21H24N2O2/c1-21(2,3)22-19(24)16-9-6-10-17(14-16)20(25)23-13-7-11-15-8-4-5-12-18(15)23/h4-6,8-10,12,14H,7,11,13H2,1-3H3,(H,22,24). The van der Waals surface area contributed by atoms with Crippen molar-refractivity contribution in [3.63, 3.8) is 0 Å². The van der Waals surface area contributed by atoms with Crippen molar-refractivity contribution in [1.82, 2.24) is 5.32 Å². The molecule has 0 aliphatic carbocycles. The number of carbonyl (C=O) groups is 2. The van der Waals surface area contributed by atoms with E-state index in [0.29, 0.717) is 17.7 Å². The highest BCUT2D eigenvalue weighted by molar-refractivity contribution is 6.08. The van der Waals surface area contributed by atoms with Crippen LogP contribution in [0.5, 0.6) is 0 Å². The number of benzene rings is 2. The van der Waals surface area contributed by atoms with Gasteiger partial charge in [0, 0.05) is 28.9 Å². The van der Waals surface area contributed by atoms with E-state index in [4.69, 9.17) is 0 Å². The molecule has 0 spiro atoms. The number of carbonyl (C=O) groups excluding carboxylic acids is 2. The Morgan fingerprint density at radius 2 is 1.72 bits per heavy atom. The zero-order valence-electron chi connectivity index (χ0n) is 15.0. The van der Waals surface area contributed by atoms with Crippen molar-refractivity contribution < 1.29 is 9.59 Å². The fraction of sp³-hybridized carbons (Fsp3) is 0.333. The van der Waals surface area contributed by atoms with Crippen molar-refractivity contribution in [2.75, 3.05) is 11.4 Å². The van der Waals surface area contributed by atoms with E-state index in [1.807, 2.05) is 43.9 Å². The molecule has 0 saturated heterocycles. The zero-order valence-corrected chi connectivity index (χ0v) is 15.0. The number of hydrogen-bond donors (Lipinski definition) is 1. The van der Waals surface area contributed by atoms with Gasteiger partial charge < -0.3 is 10.2 Å². The molecule has 2 amide bonds. The first-order valence-corrected chi connectivity index (χ1v) is 8.67. The predicted octanol–water partition coefficient (Wildman–Crippen LogP) is 3.81. The highest BCUT2D eigenvalue weighted by atomic mass is 16.2. The molecule has 3 rings (SSSR count). The number of nitrogens with zero attached hydrogens (tertiary/aromatic N) is 1. The van der Waals surface area contributed by atoms with Crippen LogP contribution in [0.25, 0.3) is 0 Å². The molecule has 1 heterocycles. The van der Waals surface area contributed by atoms with Crippen LogP contribution in [-0.4, -0.2) is 23.9 Å². The lowest BCUT2D eigenvalue weighted by Crippen LogP contribution is -2.40. The first-order valence-electron chi connectivity index (χ1n) is 8.67. The van der Waals surface area contributed by atoms with Gasteiger partial charge in [-0.15, -0.1) is 0 Å². The van der Waals surface area contributed by atoms with E-state index in [-0.39, 0.29) is 17.4 Å². The molecular formula is C21H24N2O2. The number of nitrogens with one attached hydrogen (secondary N) is 1. The number of amides is 2. The van der Waals surface area contributed by atoms with Crippen LogP contribution in [0.1, 0.15) is 53.5 Å². The number of aryl methyl sites for hydroxylation is 1. The molecule has 1 aliphatic heterocycles. The normalized spacial score (nSPS) is 14.0. The molecule has 25 heavy (non-hydrogen) atoms. The summed E-state index contributed by atoms with van der Waals surface area (Å²) in [6.07, 6.45) is 1.95. The Hall–Kier alpha value is -2.62. The molecule has 4 heteroatoms. The van der Waals surface area contributed by atoms with Crippen molar-refractivity contribution in [3.8, 4) is 0 Å². The molecule has 4 nitrogen and oxygen atoms in total. The molecule has 1 aliphatic rings. The van der Waals surface area contributed by atoms with Gasteiger partial charge in [-0.2, -0.15) is 0 Å². The minimum absolute atomic E-state index is 0.0578. The largest absolute Gasteiger partial charge is 0.347 e. The van der Waals surface area contributed by atoms with Crippen molar-refractivity contribution in [2.24, 2.45) is 0 Å². The Kier molecular flexibility index (Phi) is 4.62. The SMILES string of the molecule is CC(C)(C)NC(=O)c1cccc(C(=O)N2CCCc3ccccc32)c1. The highest BCUT2D eigenvalue weighted by Gasteiger charge is 2.24. The Labute approximate surface area is 148 Å². The van der Waals surface area contributed by atoms with E-state index >= 15 is 0 Å².